The van der Waals surface area contributed by atoms with Crippen LogP contribution in [0.4, 0.5) is 35.1 Å². The van der Waals surface area contributed by atoms with E-state index < -0.39 is 25.6 Å². The lowest BCUT2D eigenvalue weighted by molar-refractivity contribution is -0.177. The van der Waals surface area contributed by atoms with E-state index in [0.29, 0.717) is 68.8 Å². The average molecular weight is 819 g/mol. The second-order valence-corrected chi connectivity index (χ2v) is 14.3. The minimum absolute atomic E-state index is 0.288. The van der Waals surface area contributed by atoms with Crippen LogP contribution in [0.1, 0.15) is 58.4 Å². The molecular weight excluding hydrogens is 777 g/mol. The van der Waals surface area contributed by atoms with Crippen LogP contribution >= 0.6 is 0 Å². The zero-order valence-corrected chi connectivity index (χ0v) is 32.5. The second kappa shape index (κ2) is 19.0. The van der Waals surface area contributed by atoms with E-state index in [1.807, 2.05) is 50.2 Å². The van der Waals surface area contributed by atoms with E-state index in [1.54, 1.807) is 72.8 Å². The van der Waals surface area contributed by atoms with Gasteiger partial charge in [0.1, 0.15) is 36.3 Å². The Bertz CT molecular complexity index is 2170. The molecule has 0 atom stereocenters. The van der Waals surface area contributed by atoms with Crippen molar-refractivity contribution in [2.24, 2.45) is 0 Å². The van der Waals surface area contributed by atoms with Gasteiger partial charge in [-0.1, -0.05) is 98.8 Å². The molecule has 3 nitrogen and oxygen atoms in total. The summed E-state index contributed by atoms with van der Waals surface area (Å²) in [5.74, 6) is 0.108. The summed E-state index contributed by atoms with van der Waals surface area (Å²) in [6, 6.07) is 34.7. The molecule has 0 heterocycles. The Balaban J connectivity index is 1.30. The van der Waals surface area contributed by atoms with Crippen LogP contribution in [0.25, 0.3) is 22.3 Å². The summed E-state index contributed by atoms with van der Waals surface area (Å²) in [6.07, 6.45) is -7.02. The molecule has 59 heavy (non-hydrogen) atoms. The maximum atomic E-state index is 14.9. The highest BCUT2D eigenvalue weighted by atomic mass is 19.4. The second-order valence-electron chi connectivity index (χ2n) is 14.3. The number of benzene rings is 6. The summed E-state index contributed by atoms with van der Waals surface area (Å²) < 4.78 is 124. The SMILES string of the molecule is CCc1ccc(-c2ccc(Cc3cc(COCC(F)(F)F)ccc3Oc3ccc(COCC(F)(F)F)cc3Cc3ccc(-c4ccc(CC)cc4F)cc3)cc2)c(F)c1. The molecule has 0 aliphatic heterocycles. The van der Waals surface area contributed by atoms with Gasteiger partial charge in [-0.15, -0.1) is 0 Å². The molecule has 0 N–H and O–H groups in total. The molecule has 6 rings (SSSR count). The van der Waals surface area contributed by atoms with Crippen LogP contribution in [0, 0.1) is 11.6 Å². The largest absolute Gasteiger partial charge is 0.457 e. The molecule has 0 aromatic heterocycles. The zero-order chi connectivity index (χ0) is 42.2. The molecule has 0 aliphatic rings. The summed E-state index contributed by atoms with van der Waals surface area (Å²) in [5, 5.41) is 0. The Kier molecular flexibility index (Phi) is 13.9. The topological polar surface area (TPSA) is 27.7 Å². The third-order valence-electron chi connectivity index (χ3n) is 9.74. The number of hydrogen-bond acceptors (Lipinski definition) is 3. The molecule has 0 spiro atoms. The highest BCUT2D eigenvalue weighted by Gasteiger charge is 2.28. The van der Waals surface area contributed by atoms with Crippen LogP contribution in [-0.2, 0) is 48.4 Å². The van der Waals surface area contributed by atoms with Crippen LogP contribution in [0.5, 0.6) is 11.5 Å². The van der Waals surface area contributed by atoms with E-state index >= 15 is 0 Å². The fourth-order valence-corrected chi connectivity index (χ4v) is 6.68. The van der Waals surface area contributed by atoms with Crippen LogP contribution in [0.3, 0.4) is 0 Å². The number of aryl methyl sites for hydroxylation is 2. The molecule has 308 valence electrons. The molecule has 11 heteroatoms. The van der Waals surface area contributed by atoms with Crippen LogP contribution in [0.15, 0.2) is 121 Å². The van der Waals surface area contributed by atoms with E-state index in [4.69, 9.17) is 14.2 Å². The van der Waals surface area contributed by atoms with Gasteiger partial charge >= 0.3 is 12.4 Å². The first-order valence-electron chi connectivity index (χ1n) is 19.1. The van der Waals surface area contributed by atoms with Gasteiger partial charge in [0.25, 0.3) is 0 Å². The highest BCUT2D eigenvalue weighted by Crippen LogP contribution is 2.34. The van der Waals surface area contributed by atoms with E-state index in [9.17, 15) is 35.1 Å². The molecule has 6 aromatic rings. The molecule has 0 fully saturated rings. The number of hydrogen-bond donors (Lipinski definition) is 0. The summed E-state index contributed by atoms with van der Waals surface area (Å²) in [5.41, 5.74) is 7.84. The maximum absolute atomic E-state index is 14.9. The lowest BCUT2D eigenvalue weighted by atomic mass is 9.97. The molecular formula is C48H42F8O3. The Morgan fingerprint density at radius 1 is 0.424 bits per heavy atom. The van der Waals surface area contributed by atoms with Crippen molar-refractivity contribution in [2.45, 2.75) is 65.1 Å². The summed E-state index contributed by atoms with van der Waals surface area (Å²) in [6.45, 7) is 0.450. The summed E-state index contributed by atoms with van der Waals surface area (Å²) in [7, 11) is 0. The van der Waals surface area contributed by atoms with Crippen molar-refractivity contribution in [1.82, 2.24) is 0 Å². The smallest absolute Gasteiger partial charge is 0.411 e. The van der Waals surface area contributed by atoms with Crippen molar-refractivity contribution in [1.29, 1.82) is 0 Å². The van der Waals surface area contributed by atoms with Gasteiger partial charge in [0.2, 0.25) is 0 Å². The number of alkyl halides is 6. The van der Waals surface area contributed by atoms with Crippen molar-refractivity contribution < 1.29 is 49.3 Å². The Labute approximate surface area is 338 Å². The number of rotatable bonds is 16. The Morgan fingerprint density at radius 2 is 0.780 bits per heavy atom. The fraction of sp³-hybridized carbons (Fsp3) is 0.250. The predicted octanol–water partition coefficient (Wildman–Crippen LogP) is 13.6. The van der Waals surface area contributed by atoms with Crippen LogP contribution < -0.4 is 4.74 Å². The molecule has 0 aliphatic carbocycles. The number of halogens is 8. The third-order valence-corrected chi connectivity index (χ3v) is 9.74. The molecule has 0 radical (unpaired) electrons. The molecule has 6 aromatic carbocycles. The van der Waals surface area contributed by atoms with Crippen molar-refractivity contribution in [3.8, 4) is 33.8 Å². The lowest BCUT2D eigenvalue weighted by Gasteiger charge is -2.18. The van der Waals surface area contributed by atoms with Crippen LogP contribution in [0.2, 0.25) is 0 Å². The lowest BCUT2D eigenvalue weighted by Crippen LogP contribution is -2.16. The molecule has 0 bridgehead atoms. The Morgan fingerprint density at radius 3 is 1.12 bits per heavy atom. The van der Waals surface area contributed by atoms with E-state index in [0.717, 1.165) is 22.3 Å². The zero-order valence-electron chi connectivity index (χ0n) is 32.5. The first-order valence-corrected chi connectivity index (χ1v) is 19.1. The van der Waals surface area contributed by atoms with Gasteiger partial charge in [-0.05, 0) is 105 Å². The minimum atomic E-state index is -4.50. The van der Waals surface area contributed by atoms with Gasteiger partial charge < -0.3 is 14.2 Å². The van der Waals surface area contributed by atoms with Crippen molar-refractivity contribution in [2.75, 3.05) is 13.2 Å². The molecule has 0 amide bonds. The van der Waals surface area contributed by atoms with E-state index in [1.165, 1.54) is 12.1 Å². The minimum Gasteiger partial charge on any atom is -0.457 e. The van der Waals surface area contributed by atoms with E-state index in [2.05, 4.69) is 0 Å². The molecule has 0 saturated heterocycles. The monoisotopic (exact) mass is 818 g/mol. The number of ether oxygens (including phenoxy) is 3. The summed E-state index contributed by atoms with van der Waals surface area (Å²) >= 11 is 0. The van der Waals surface area contributed by atoms with Gasteiger partial charge in [-0.2, -0.15) is 26.3 Å². The van der Waals surface area contributed by atoms with Gasteiger partial charge in [0, 0.05) is 24.0 Å². The quantitative estimate of drug-likeness (QED) is 0.0911. The van der Waals surface area contributed by atoms with Gasteiger partial charge in [0.15, 0.2) is 0 Å². The normalized spacial score (nSPS) is 11.9. The maximum Gasteiger partial charge on any atom is 0.411 e. The van der Waals surface area contributed by atoms with Crippen molar-refractivity contribution in [3.05, 3.63) is 177 Å². The third kappa shape index (κ3) is 12.3. The van der Waals surface area contributed by atoms with Gasteiger partial charge in [-0.3, -0.25) is 0 Å². The van der Waals surface area contributed by atoms with Gasteiger partial charge in [-0.25, -0.2) is 8.78 Å². The highest BCUT2D eigenvalue weighted by molar-refractivity contribution is 5.66. The predicted molar refractivity (Wildman–Crippen MR) is 212 cm³/mol. The first-order chi connectivity index (χ1) is 28.2. The van der Waals surface area contributed by atoms with Gasteiger partial charge in [0.05, 0.1) is 13.2 Å². The van der Waals surface area contributed by atoms with E-state index in [-0.39, 0.29) is 37.7 Å². The van der Waals surface area contributed by atoms with Crippen molar-refractivity contribution in [3.63, 3.8) is 0 Å². The standard InChI is InChI=1S/C48H42F8O3/c1-3-31-9-17-41(43(49)25-31)37-13-5-33(6-14-37)21-39-23-35(27-57-29-47(51,52)53)11-19-45(39)59-46-20-12-36(28-58-30-48(54,55)56)24-40(46)22-34-7-15-38(16-8-34)42-18-10-32(4-2)26-44(42)50/h5-20,23-26H,3-4,21-22,27-30H2,1-2H3. The summed E-state index contributed by atoms with van der Waals surface area (Å²) in [4.78, 5) is 0. The molecule has 0 saturated carbocycles. The van der Waals surface area contributed by atoms with Crippen LogP contribution in [-0.4, -0.2) is 25.6 Å². The Hall–Kier alpha value is -5.52. The first kappa shape index (κ1) is 43.1. The average Bonchev–Trinajstić information content (AvgIpc) is 3.19. The van der Waals surface area contributed by atoms with Crippen molar-refractivity contribution >= 4 is 0 Å². The molecule has 0 unspecified atom stereocenters. The fourth-order valence-electron chi connectivity index (χ4n) is 6.68.